The van der Waals surface area contributed by atoms with Gasteiger partial charge < -0.3 is 4.98 Å². The molecule has 0 fully saturated rings. The number of sulfonamides is 1. The van der Waals surface area contributed by atoms with Gasteiger partial charge in [-0.25, -0.2) is 8.42 Å². The van der Waals surface area contributed by atoms with E-state index in [9.17, 15) is 18.5 Å². The highest BCUT2D eigenvalue weighted by Crippen LogP contribution is 2.40. The summed E-state index contributed by atoms with van der Waals surface area (Å²) >= 11 is 0. The van der Waals surface area contributed by atoms with Crippen molar-refractivity contribution < 1.29 is 13.3 Å². The molecule has 1 aliphatic heterocycles. The number of nitrogens with one attached hydrogen (secondary N) is 1. The van der Waals surface area contributed by atoms with Gasteiger partial charge >= 0.3 is 0 Å². The molecule has 164 valence electrons. The first-order valence-electron chi connectivity index (χ1n) is 10.2. The van der Waals surface area contributed by atoms with Crippen molar-refractivity contribution in [1.29, 1.82) is 0 Å². The van der Waals surface area contributed by atoms with E-state index in [0.717, 1.165) is 33.0 Å². The first-order chi connectivity index (χ1) is 16.0. The summed E-state index contributed by atoms with van der Waals surface area (Å²) in [5.74, 6) is 0. The van der Waals surface area contributed by atoms with Crippen LogP contribution < -0.4 is 0 Å². The molecule has 0 aliphatic carbocycles. The average Bonchev–Trinajstić information content (AvgIpc) is 3.26. The fourth-order valence-corrected chi connectivity index (χ4v) is 5.38. The normalized spacial score (nSPS) is 15.8. The number of fused-ring (bicyclic) bond motifs is 2. The molecule has 0 radical (unpaired) electrons. The molecular formula is C25H19N3O4S. The molecule has 0 amide bonds. The van der Waals surface area contributed by atoms with E-state index in [-0.39, 0.29) is 11.3 Å². The number of hydrogen-bond acceptors (Lipinski definition) is 4. The van der Waals surface area contributed by atoms with Crippen molar-refractivity contribution in [3.05, 3.63) is 123 Å². The van der Waals surface area contributed by atoms with E-state index < -0.39 is 21.0 Å². The van der Waals surface area contributed by atoms with Gasteiger partial charge in [0.2, 0.25) is 0 Å². The average molecular weight is 458 g/mol. The van der Waals surface area contributed by atoms with Crippen LogP contribution in [-0.2, 0) is 10.0 Å². The Hall–Kier alpha value is -4.17. The van der Waals surface area contributed by atoms with Crippen LogP contribution in [0, 0.1) is 10.1 Å². The van der Waals surface area contributed by atoms with Gasteiger partial charge in [0.05, 0.1) is 21.9 Å². The highest BCUT2D eigenvalue weighted by atomic mass is 32.2. The van der Waals surface area contributed by atoms with E-state index >= 15 is 0 Å². The number of benzene rings is 3. The number of para-hydroxylation sites is 2. The Morgan fingerprint density at radius 3 is 2.52 bits per heavy atom. The summed E-state index contributed by atoms with van der Waals surface area (Å²) in [6.07, 6.45) is 6.42. The third kappa shape index (κ3) is 3.70. The van der Waals surface area contributed by atoms with Crippen LogP contribution in [0.2, 0.25) is 0 Å². The lowest BCUT2D eigenvalue weighted by Crippen LogP contribution is -2.31. The molecule has 1 N–H and O–H groups in total. The van der Waals surface area contributed by atoms with Gasteiger partial charge in [0.25, 0.3) is 15.7 Å². The Morgan fingerprint density at radius 2 is 1.67 bits per heavy atom. The number of aromatic amines is 1. The minimum Gasteiger partial charge on any atom is -0.361 e. The van der Waals surface area contributed by atoms with Gasteiger partial charge in [-0.05, 0) is 35.4 Å². The summed E-state index contributed by atoms with van der Waals surface area (Å²) in [4.78, 5) is 14.0. The largest absolute Gasteiger partial charge is 0.361 e. The molecule has 33 heavy (non-hydrogen) atoms. The Bertz CT molecular complexity index is 1540. The lowest BCUT2D eigenvalue weighted by molar-refractivity contribution is -0.385. The van der Waals surface area contributed by atoms with E-state index in [0.29, 0.717) is 0 Å². The third-order valence-electron chi connectivity index (χ3n) is 5.71. The minimum absolute atomic E-state index is 0.156. The molecule has 2 heterocycles. The molecule has 1 aromatic heterocycles. The molecule has 1 aliphatic rings. The van der Waals surface area contributed by atoms with Crippen molar-refractivity contribution in [2.45, 2.75) is 6.04 Å². The van der Waals surface area contributed by atoms with E-state index in [1.807, 2.05) is 54.7 Å². The molecule has 1 unspecified atom stereocenters. The van der Waals surface area contributed by atoms with Crippen LogP contribution in [-0.4, -0.2) is 22.6 Å². The van der Waals surface area contributed by atoms with Crippen molar-refractivity contribution in [3.63, 3.8) is 0 Å². The lowest BCUT2D eigenvalue weighted by atomic mass is 9.92. The summed E-state index contributed by atoms with van der Waals surface area (Å²) in [7, 11) is -3.98. The smallest absolute Gasteiger partial charge is 0.276 e. The van der Waals surface area contributed by atoms with Gasteiger partial charge in [0.15, 0.2) is 0 Å². The number of H-pyrrole nitrogens is 1. The SMILES string of the molecule is O=[N+]([O-])c1ccccc1/C=C/S(=O)(=O)N1C=Cc2ccccc2C1c1c[nH]c2ccccc12. The predicted octanol–water partition coefficient (Wildman–Crippen LogP) is 5.45. The quantitative estimate of drug-likeness (QED) is 0.318. The Labute approximate surface area is 190 Å². The second-order valence-corrected chi connectivity index (χ2v) is 9.35. The molecule has 0 saturated heterocycles. The minimum atomic E-state index is -3.98. The van der Waals surface area contributed by atoms with Crippen molar-refractivity contribution in [3.8, 4) is 0 Å². The van der Waals surface area contributed by atoms with E-state index in [1.165, 1.54) is 22.5 Å². The molecule has 0 saturated carbocycles. The maximum atomic E-state index is 13.5. The molecule has 8 heteroatoms. The van der Waals surface area contributed by atoms with E-state index in [1.54, 1.807) is 24.4 Å². The summed E-state index contributed by atoms with van der Waals surface area (Å²) in [6.45, 7) is 0. The van der Waals surface area contributed by atoms with Crippen LogP contribution in [0.3, 0.4) is 0 Å². The zero-order chi connectivity index (χ0) is 23.0. The summed E-state index contributed by atoms with van der Waals surface area (Å²) < 4.78 is 28.3. The highest BCUT2D eigenvalue weighted by Gasteiger charge is 2.33. The summed E-state index contributed by atoms with van der Waals surface area (Å²) in [5, 5.41) is 13.3. The van der Waals surface area contributed by atoms with Crippen LogP contribution in [0.4, 0.5) is 5.69 Å². The monoisotopic (exact) mass is 457 g/mol. The number of rotatable bonds is 5. The topological polar surface area (TPSA) is 96.3 Å². The molecule has 4 aromatic rings. The fraction of sp³-hybridized carbons (Fsp3) is 0.0400. The number of aromatic nitrogens is 1. The second-order valence-electron chi connectivity index (χ2n) is 7.63. The molecule has 1 atom stereocenters. The fourth-order valence-electron chi connectivity index (χ4n) is 4.17. The maximum Gasteiger partial charge on any atom is 0.276 e. The van der Waals surface area contributed by atoms with Gasteiger partial charge in [-0.1, -0.05) is 54.6 Å². The van der Waals surface area contributed by atoms with Gasteiger partial charge in [0.1, 0.15) is 0 Å². The van der Waals surface area contributed by atoms with Gasteiger partial charge in [-0.15, -0.1) is 0 Å². The number of hydrogen-bond donors (Lipinski definition) is 1. The molecule has 5 rings (SSSR count). The molecule has 0 bridgehead atoms. The molecule has 0 spiro atoms. The first-order valence-corrected chi connectivity index (χ1v) is 11.7. The number of nitrogens with zero attached hydrogens (tertiary/aromatic N) is 2. The lowest BCUT2D eigenvalue weighted by Gasteiger charge is -2.33. The summed E-state index contributed by atoms with van der Waals surface area (Å²) in [5.41, 5.74) is 3.58. The first kappa shape index (κ1) is 20.7. The van der Waals surface area contributed by atoms with Crippen molar-refractivity contribution >= 4 is 38.8 Å². The highest BCUT2D eigenvalue weighted by molar-refractivity contribution is 7.92. The van der Waals surface area contributed by atoms with Crippen LogP contribution in [0.25, 0.3) is 23.1 Å². The van der Waals surface area contributed by atoms with Crippen LogP contribution in [0.5, 0.6) is 0 Å². The molecule has 3 aromatic carbocycles. The second kappa shape index (κ2) is 8.07. The predicted molar refractivity (Wildman–Crippen MR) is 129 cm³/mol. The van der Waals surface area contributed by atoms with E-state index in [4.69, 9.17) is 0 Å². The standard InChI is InChI=1S/C25H19N3O4S/c29-28(30)24-12-6-2-8-19(24)14-16-33(31,32)27-15-13-18-7-1-3-9-20(18)25(27)22-17-26-23-11-5-4-10-21(22)23/h1-17,25-26H/b16-14+. The zero-order valence-corrected chi connectivity index (χ0v) is 18.1. The Morgan fingerprint density at radius 1 is 0.939 bits per heavy atom. The van der Waals surface area contributed by atoms with Crippen molar-refractivity contribution in [2.75, 3.05) is 0 Å². The Balaban J connectivity index is 1.62. The zero-order valence-electron chi connectivity index (χ0n) is 17.3. The van der Waals surface area contributed by atoms with E-state index in [2.05, 4.69) is 4.98 Å². The number of nitro benzene ring substituents is 1. The van der Waals surface area contributed by atoms with Crippen LogP contribution in [0.1, 0.15) is 28.3 Å². The van der Waals surface area contributed by atoms with Gasteiger partial charge in [0, 0.05) is 34.9 Å². The van der Waals surface area contributed by atoms with Gasteiger partial charge in [-0.3, -0.25) is 14.4 Å². The van der Waals surface area contributed by atoms with Gasteiger partial charge in [-0.2, -0.15) is 0 Å². The van der Waals surface area contributed by atoms with Crippen LogP contribution in [0.15, 0.2) is 90.6 Å². The Kier molecular flexibility index (Phi) is 5.07. The van der Waals surface area contributed by atoms with Crippen molar-refractivity contribution in [1.82, 2.24) is 9.29 Å². The van der Waals surface area contributed by atoms with Crippen LogP contribution >= 0.6 is 0 Å². The maximum absolute atomic E-state index is 13.5. The molecular weight excluding hydrogens is 438 g/mol. The van der Waals surface area contributed by atoms with Crippen molar-refractivity contribution in [2.24, 2.45) is 0 Å². The summed E-state index contributed by atoms with van der Waals surface area (Å²) in [6, 6.07) is 20.8. The molecule has 7 nitrogen and oxygen atoms in total. The third-order valence-corrected chi connectivity index (χ3v) is 7.11. The number of nitro groups is 1.